The standard InChI is InChI=1S/C17H18BrN3O2/c1-11-2-5-16(20-9-11)23-13-6-7-21(10-13)15-4-3-12(18)8-14(15)17(19)22/h2-5,8-9,13H,6-7,10H2,1H3,(H2,19,22)/t13-/m0/s1. The highest BCUT2D eigenvalue weighted by Crippen LogP contribution is 2.28. The average Bonchev–Trinajstić information content (AvgIpc) is 2.98. The molecule has 6 heteroatoms. The first kappa shape index (κ1) is 15.8. The Balaban J connectivity index is 1.72. The smallest absolute Gasteiger partial charge is 0.250 e. The summed E-state index contributed by atoms with van der Waals surface area (Å²) in [6.07, 6.45) is 2.72. The van der Waals surface area contributed by atoms with Gasteiger partial charge in [-0.05, 0) is 30.7 Å². The normalized spacial score (nSPS) is 17.3. The number of pyridine rings is 1. The van der Waals surface area contributed by atoms with Crippen LogP contribution in [0.4, 0.5) is 5.69 Å². The van der Waals surface area contributed by atoms with Crippen molar-refractivity contribution in [3.63, 3.8) is 0 Å². The number of amides is 1. The number of aryl methyl sites for hydroxylation is 1. The molecule has 0 radical (unpaired) electrons. The Labute approximate surface area is 143 Å². The van der Waals surface area contributed by atoms with Gasteiger partial charge >= 0.3 is 0 Å². The van der Waals surface area contributed by atoms with Crippen LogP contribution in [0.15, 0.2) is 41.0 Å². The van der Waals surface area contributed by atoms with E-state index in [9.17, 15) is 4.79 Å². The minimum Gasteiger partial charge on any atom is -0.472 e. The second kappa shape index (κ2) is 6.58. The van der Waals surface area contributed by atoms with E-state index < -0.39 is 5.91 Å². The maximum Gasteiger partial charge on any atom is 0.250 e. The summed E-state index contributed by atoms with van der Waals surface area (Å²) in [7, 11) is 0. The van der Waals surface area contributed by atoms with Crippen LogP contribution >= 0.6 is 15.9 Å². The van der Waals surface area contributed by atoms with Crippen LogP contribution in [0.2, 0.25) is 0 Å². The van der Waals surface area contributed by atoms with Crippen molar-refractivity contribution in [1.29, 1.82) is 0 Å². The maximum absolute atomic E-state index is 11.7. The number of rotatable bonds is 4. The van der Waals surface area contributed by atoms with Gasteiger partial charge < -0.3 is 15.4 Å². The van der Waals surface area contributed by atoms with Crippen molar-refractivity contribution >= 4 is 27.5 Å². The molecular weight excluding hydrogens is 358 g/mol. The van der Waals surface area contributed by atoms with E-state index in [1.165, 1.54) is 0 Å². The minimum atomic E-state index is -0.425. The Kier molecular flexibility index (Phi) is 4.52. The number of carbonyl (C=O) groups is 1. The largest absolute Gasteiger partial charge is 0.472 e. The van der Waals surface area contributed by atoms with Crippen LogP contribution in [0.1, 0.15) is 22.3 Å². The van der Waals surface area contributed by atoms with Gasteiger partial charge in [-0.15, -0.1) is 0 Å². The fourth-order valence-corrected chi connectivity index (χ4v) is 3.08. The Morgan fingerprint density at radius 3 is 2.91 bits per heavy atom. The van der Waals surface area contributed by atoms with Gasteiger partial charge in [0.25, 0.3) is 5.91 Å². The molecule has 2 N–H and O–H groups in total. The molecule has 1 fully saturated rings. The number of hydrogen-bond donors (Lipinski definition) is 1. The van der Waals surface area contributed by atoms with Gasteiger partial charge in [0.2, 0.25) is 5.88 Å². The van der Waals surface area contributed by atoms with Gasteiger partial charge in [0.15, 0.2) is 0 Å². The first-order valence-electron chi connectivity index (χ1n) is 7.46. The number of aromatic nitrogens is 1. The van der Waals surface area contributed by atoms with E-state index in [0.717, 1.165) is 28.7 Å². The van der Waals surface area contributed by atoms with Crippen molar-refractivity contribution in [3.8, 4) is 5.88 Å². The lowest BCUT2D eigenvalue weighted by molar-refractivity contribution is 0.100. The van der Waals surface area contributed by atoms with E-state index in [4.69, 9.17) is 10.5 Å². The van der Waals surface area contributed by atoms with Gasteiger partial charge in [0.05, 0.1) is 12.1 Å². The Morgan fingerprint density at radius 2 is 2.22 bits per heavy atom. The van der Waals surface area contributed by atoms with Crippen LogP contribution < -0.4 is 15.4 Å². The number of carbonyl (C=O) groups excluding carboxylic acids is 1. The molecule has 5 nitrogen and oxygen atoms in total. The fraction of sp³-hybridized carbons (Fsp3) is 0.294. The summed E-state index contributed by atoms with van der Waals surface area (Å²) in [4.78, 5) is 18.1. The number of nitrogens with two attached hydrogens (primary N) is 1. The lowest BCUT2D eigenvalue weighted by Gasteiger charge is -2.21. The number of nitrogens with zero attached hydrogens (tertiary/aromatic N) is 2. The van der Waals surface area contributed by atoms with E-state index in [1.807, 2.05) is 31.2 Å². The Bertz CT molecular complexity index is 718. The van der Waals surface area contributed by atoms with Crippen molar-refractivity contribution in [2.24, 2.45) is 5.73 Å². The minimum absolute atomic E-state index is 0.0505. The third-order valence-corrected chi connectivity index (χ3v) is 4.37. The third kappa shape index (κ3) is 3.64. The number of anilines is 1. The van der Waals surface area contributed by atoms with E-state index in [2.05, 4.69) is 25.8 Å². The second-order valence-electron chi connectivity index (χ2n) is 5.67. The molecule has 1 aromatic carbocycles. The van der Waals surface area contributed by atoms with Crippen LogP contribution in [0.25, 0.3) is 0 Å². The van der Waals surface area contributed by atoms with Crippen LogP contribution in [-0.4, -0.2) is 30.1 Å². The molecule has 2 heterocycles. The second-order valence-corrected chi connectivity index (χ2v) is 6.59. The van der Waals surface area contributed by atoms with Gasteiger partial charge in [-0.2, -0.15) is 0 Å². The zero-order valence-corrected chi connectivity index (χ0v) is 14.4. The van der Waals surface area contributed by atoms with Gasteiger partial charge in [0, 0.05) is 35.4 Å². The molecule has 0 unspecified atom stereocenters. The predicted octanol–water partition coefficient (Wildman–Crippen LogP) is 2.91. The lowest BCUT2D eigenvalue weighted by Crippen LogP contribution is -2.27. The number of benzene rings is 1. The monoisotopic (exact) mass is 375 g/mol. The SMILES string of the molecule is Cc1ccc(O[C@H]2CCN(c3ccc(Br)cc3C(N)=O)C2)nc1. The van der Waals surface area contributed by atoms with Crippen LogP contribution in [-0.2, 0) is 0 Å². The molecule has 120 valence electrons. The molecule has 0 spiro atoms. The predicted molar refractivity (Wildman–Crippen MR) is 92.9 cm³/mol. The summed E-state index contributed by atoms with van der Waals surface area (Å²) in [5.74, 6) is 0.208. The molecule has 1 atom stereocenters. The van der Waals surface area contributed by atoms with Crippen molar-refractivity contribution in [3.05, 3.63) is 52.1 Å². The van der Waals surface area contributed by atoms with E-state index in [0.29, 0.717) is 18.0 Å². The van der Waals surface area contributed by atoms with Crippen molar-refractivity contribution in [2.45, 2.75) is 19.4 Å². The zero-order chi connectivity index (χ0) is 16.4. The van der Waals surface area contributed by atoms with Gasteiger partial charge in [0.1, 0.15) is 6.10 Å². The maximum atomic E-state index is 11.7. The van der Waals surface area contributed by atoms with Crippen molar-refractivity contribution in [1.82, 2.24) is 4.98 Å². The van der Waals surface area contributed by atoms with Crippen LogP contribution in [0.5, 0.6) is 5.88 Å². The molecule has 3 rings (SSSR count). The molecule has 2 aromatic rings. The van der Waals surface area contributed by atoms with Gasteiger partial charge in [-0.3, -0.25) is 4.79 Å². The first-order chi connectivity index (χ1) is 11.0. The molecule has 0 bridgehead atoms. The first-order valence-corrected chi connectivity index (χ1v) is 8.26. The van der Waals surface area contributed by atoms with Crippen LogP contribution in [0, 0.1) is 6.92 Å². The highest BCUT2D eigenvalue weighted by atomic mass is 79.9. The molecule has 0 aliphatic carbocycles. The molecule has 1 saturated heterocycles. The number of halogens is 1. The quantitative estimate of drug-likeness (QED) is 0.891. The molecule has 1 aliphatic heterocycles. The molecular formula is C17H18BrN3O2. The van der Waals surface area contributed by atoms with E-state index >= 15 is 0 Å². The summed E-state index contributed by atoms with van der Waals surface area (Å²) in [5, 5.41) is 0. The summed E-state index contributed by atoms with van der Waals surface area (Å²) in [5.41, 5.74) is 7.97. The summed E-state index contributed by atoms with van der Waals surface area (Å²) >= 11 is 3.38. The highest BCUT2D eigenvalue weighted by molar-refractivity contribution is 9.10. The Morgan fingerprint density at radius 1 is 1.39 bits per heavy atom. The molecule has 1 amide bonds. The highest BCUT2D eigenvalue weighted by Gasteiger charge is 2.27. The summed E-state index contributed by atoms with van der Waals surface area (Å²) in [6.45, 7) is 3.52. The van der Waals surface area contributed by atoms with E-state index in [-0.39, 0.29) is 6.10 Å². The van der Waals surface area contributed by atoms with Gasteiger partial charge in [-0.1, -0.05) is 22.0 Å². The number of hydrogen-bond acceptors (Lipinski definition) is 4. The summed E-state index contributed by atoms with van der Waals surface area (Å²) < 4.78 is 6.77. The fourth-order valence-electron chi connectivity index (χ4n) is 2.72. The topological polar surface area (TPSA) is 68.5 Å². The van der Waals surface area contributed by atoms with Crippen molar-refractivity contribution < 1.29 is 9.53 Å². The summed E-state index contributed by atoms with van der Waals surface area (Å²) in [6, 6.07) is 9.45. The van der Waals surface area contributed by atoms with E-state index in [1.54, 1.807) is 12.3 Å². The molecule has 0 saturated carbocycles. The Hall–Kier alpha value is -2.08. The molecule has 1 aromatic heterocycles. The number of primary amides is 1. The molecule has 1 aliphatic rings. The molecule has 23 heavy (non-hydrogen) atoms. The lowest BCUT2D eigenvalue weighted by atomic mass is 10.1. The van der Waals surface area contributed by atoms with Gasteiger partial charge in [-0.25, -0.2) is 4.98 Å². The zero-order valence-electron chi connectivity index (χ0n) is 12.8. The van der Waals surface area contributed by atoms with Crippen molar-refractivity contribution in [2.75, 3.05) is 18.0 Å². The third-order valence-electron chi connectivity index (χ3n) is 3.88. The number of ether oxygens (including phenoxy) is 1. The average molecular weight is 376 g/mol. The van der Waals surface area contributed by atoms with Crippen LogP contribution in [0.3, 0.4) is 0 Å².